The van der Waals surface area contributed by atoms with Crippen LogP contribution in [0, 0.1) is 6.92 Å². The van der Waals surface area contributed by atoms with Crippen LogP contribution in [-0.4, -0.2) is 25.7 Å². The molecule has 0 atom stereocenters. The minimum Gasteiger partial charge on any atom is -0.490 e. The molecule has 140 valence electrons. The SMILES string of the molecule is CCOc1cc(C(=O)Nc2ccc(Cl)cc2C)cc(OCC)c1OCC. The van der Waals surface area contributed by atoms with Gasteiger partial charge in [-0.2, -0.15) is 0 Å². The van der Waals surface area contributed by atoms with Crippen molar-refractivity contribution in [1.82, 2.24) is 0 Å². The van der Waals surface area contributed by atoms with E-state index in [2.05, 4.69) is 5.32 Å². The maximum atomic E-state index is 12.7. The molecule has 0 bridgehead atoms. The Balaban J connectivity index is 2.38. The molecule has 2 rings (SSSR count). The monoisotopic (exact) mass is 377 g/mol. The Morgan fingerprint density at radius 1 is 0.962 bits per heavy atom. The highest BCUT2D eigenvalue weighted by atomic mass is 35.5. The second-order valence-corrected chi connectivity index (χ2v) is 5.95. The van der Waals surface area contributed by atoms with Crippen molar-refractivity contribution in [3.05, 3.63) is 46.5 Å². The first-order valence-electron chi connectivity index (χ1n) is 8.64. The normalized spacial score (nSPS) is 10.3. The zero-order valence-corrected chi connectivity index (χ0v) is 16.3. The van der Waals surface area contributed by atoms with Gasteiger partial charge in [-0.3, -0.25) is 4.79 Å². The number of rotatable bonds is 8. The lowest BCUT2D eigenvalue weighted by Crippen LogP contribution is -2.14. The third-order valence-electron chi connectivity index (χ3n) is 3.61. The lowest BCUT2D eigenvalue weighted by Gasteiger charge is -2.17. The van der Waals surface area contributed by atoms with Crippen molar-refractivity contribution in [3.8, 4) is 17.2 Å². The molecule has 1 N–H and O–H groups in total. The fourth-order valence-corrected chi connectivity index (χ4v) is 2.71. The van der Waals surface area contributed by atoms with E-state index in [9.17, 15) is 4.79 Å². The summed E-state index contributed by atoms with van der Waals surface area (Å²) in [7, 11) is 0. The number of carbonyl (C=O) groups is 1. The summed E-state index contributed by atoms with van der Waals surface area (Å²) in [5, 5.41) is 3.52. The molecular formula is C20H24ClNO4. The number of halogens is 1. The van der Waals surface area contributed by atoms with Crippen molar-refractivity contribution >= 4 is 23.2 Å². The van der Waals surface area contributed by atoms with Crippen LogP contribution in [0.5, 0.6) is 17.2 Å². The largest absolute Gasteiger partial charge is 0.490 e. The first kappa shape index (κ1) is 19.9. The summed E-state index contributed by atoms with van der Waals surface area (Å²) >= 11 is 5.97. The lowest BCUT2D eigenvalue weighted by molar-refractivity contribution is 0.102. The second kappa shape index (κ2) is 9.34. The Bertz CT molecular complexity index is 749. The van der Waals surface area contributed by atoms with E-state index in [4.69, 9.17) is 25.8 Å². The van der Waals surface area contributed by atoms with Crippen molar-refractivity contribution in [2.75, 3.05) is 25.1 Å². The number of aryl methyl sites for hydroxylation is 1. The molecular weight excluding hydrogens is 354 g/mol. The number of ether oxygens (including phenoxy) is 3. The van der Waals surface area contributed by atoms with Crippen LogP contribution in [0.2, 0.25) is 5.02 Å². The van der Waals surface area contributed by atoms with Crippen LogP contribution in [0.4, 0.5) is 5.69 Å². The predicted molar refractivity (Wildman–Crippen MR) is 104 cm³/mol. The van der Waals surface area contributed by atoms with Crippen LogP contribution in [0.1, 0.15) is 36.7 Å². The van der Waals surface area contributed by atoms with E-state index in [0.717, 1.165) is 5.56 Å². The summed E-state index contributed by atoms with van der Waals surface area (Å²) in [5.41, 5.74) is 2.01. The third kappa shape index (κ3) is 4.82. The Morgan fingerprint density at radius 2 is 1.54 bits per heavy atom. The molecule has 0 aromatic heterocycles. The molecule has 1 amide bonds. The first-order valence-corrected chi connectivity index (χ1v) is 9.01. The Labute approximate surface area is 159 Å². The molecule has 0 fully saturated rings. The zero-order valence-electron chi connectivity index (χ0n) is 15.5. The van der Waals surface area contributed by atoms with E-state index in [0.29, 0.717) is 53.3 Å². The molecule has 0 saturated heterocycles. The standard InChI is InChI=1S/C20H24ClNO4/c1-5-24-17-11-14(12-18(25-6-2)19(17)26-7-3)20(23)22-16-9-8-15(21)10-13(16)4/h8-12H,5-7H2,1-4H3,(H,22,23). The van der Waals surface area contributed by atoms with Gasteiger partial charge in [-0.15, -0.1) is 0 Å². The molecule has 0 aliphatic heterocycles. The highest BCUT2D eigenvalue weighted by Gasteiger charge is 2.18. The van der Waals surface area contributed by atoms with Crippen molar-refractivity contribution < 1.29 is 19.0 Å². The smallest absolute Gasteiger partial charge is 0.255 e. The van der Waals surface area contributed by atoms with Gasteiger partial charge in [0.1, 0.15) is 0 Å². The van der Waals surface area contributed by atoms with Gasteiger partial charge in [0, 0.05) is 16.3 Å². The van der Waals surface area contributed by atoms with Gasteiger partial charge in [0.05, 0.1) is 19.8 Å². The van der Waals surface area contributed by atoms with E-state index in [1.165, 1.54) is 0 Å². The summed E-state index contributed by atoms with van der Waals surface area (Å²) in [5.74, 6) is 1.22. The van der Waals surface area contributed by atoms with Crippen molar-refractivity contribution in [1.29, 1.82) is 0 Å². The number of hydrogen-bond donors (Lipinski definition) is 1. The molecule has 26 heavy (non-hydrogen) atoms. The Morgan fingerprint density at radius 3 is 2.04 bits per heavy atom. The number of hydrogen-bond acceptors (Lipinski definition) is 4. The van der Waals surface area contributed by atoms with Crippen LogP contribution >= 0.6 is 11.6 Å². The number of anilines is 1. The quantitative estimate of drug-likeness (QED) is 0.695. The maximum Gasteiger partial charge on any atom is 0.255 e. The number of amides is 1. The van der Waals surface area contributed by atoms with E-state index in [1.54, 1.807) is 30.3 Å². The number of benzene rings is 2. The number of carbonyl (C=O) groups excluding carboxylic acids is 1. The molecule has 0 saturated carbocycles. The van der Waals surface area contributed by atoms with Gasteiger partial charge < -0.3 is 19.5 Å². The topological polar surface area (TPSA) is 56.8 Å². The minimum atomic E-state index is -0.264. The molecule has 0 spiro atoms. The van der Waals surface area contributed by atoms with Gasteiger partial charge in [-0.25, -0.2) is 0 Å². The number of nitrogens with one attached hydrogen (secondary N) is 1. The van der Waals surface area contributed by atoms with Crippen LogP contribution in [0.25, 0.3) is 0 Å². The van der Waals surface area contributed by atoms with Crippen LogP contribution < -0.4 is 19.5 Å². The van der Waals surface area contributed by atoms with E-state index in [-0.39, 0.29) is 5.91 Å². The average Bonchev–Trinajstić information content (AvgIpc) is 2.60. The maximum absolute atomic E-state index is 12.7. The molecule has 2 aromatic carbocycles. The lowest BCUT2D eigenvalue weighted by atomic mass is 10.1. The summed E-state index contributed by atoms with van der Waals surface area (Å²) in [4.78, 5) is 12.7. The van der Waals surface area contributed by atoms with Gasteiger partial charge in [0.15, 0.2) is 11.5 Å². The summed E-state index contributed by atoms with van der Waals surface area (Å²) < 4.78 is 17.0. The molecule has 2 aromatic rings. The molecule has 0 unspecified atom stereocenters. The van der Waals surface area contributed by atoms with Gasteiger partial charge >= 0.3 is 0 Å². The molecule has 0 heterocycles. The predicted octanol–water partition coefficient (Wildman–Crippen LogP) is 5.10. The van der Waals surface area contributed by atoms with Crippen LogP contribution in [0.15, 0.2) is 30.3 Å². The molecule has 0 aliphatic carbocycles. The fourth-order valence-electron chi connectivity index (χ4n) is 2.48. The fraction of sp³-hybridized carbons (Fsp3) is 0.350. The average molecular weight is 378 g/mol. The Kier molecular flexibility index (Phi) is 7.16. The molecule has 5 nitrogen and oxygen atoms in total. The van der Waals surface area contributed by atoms with Gasteiger partial charge in [0.2, 0.25) is 5.75 Å². The highest BCUT2D eigenvalue weighted by molar-refractivity contribution is 6.30. The molecule has 0 aliphatic rings. The zero-order chi connectivity index (χ0) is 19.1. The van der Waals surface area contributed by atoms with E-state index < -0.39 is 0 Å². The first-order chi connectivity index (χ1) is 12.5. The summed E-state index contributed by atoms with van der Waals surface area (Å²) in [6.07, 6.45) is 0. The third-order valence-corrected chi connectivity index (χ3v) is 3.84. The van der Waals surface area contributed by atoms with Gasteiger partial charge in [-0.05, 0) is 63.6 Å². The van der Waals surface area contributed by atoms with E-state index in [1.807, 2.05) is 27.7 Å². The molecule has 6 heteroatoms. The minimum absolute atomic E-state index is 0.264. The Hall–Kier alpha value is -2.40. The second-order valence-electron chi connectivity index (χ2n) is 5.51. The van der Waals surface area contributed by atoms with Crippen LogP contribution in [-0.2, 0) is 0 Å². The van der Waals surface area contributed by atoms with Crippen molar-refractivity contribution in [3.63, 3.8) is 0 Å². The molecule has 0 radical (unpaired) electrons. The van der Waals surface area contributed by atoms with E-state index >= 15 is 0 Å². The van der Waals surface area contributed by atoms with Gasteiger partial charge in [0.25, 0.3) is 5.91 Å². The highest BCUT2D eigenvalue weighted by Crippen LogP contribution is 2.39. The van der Waals surface area contributed by atoms with Crippen molar-refractivity contribution in [2.24, 2.45) is 0 Å². The van der Waals surface area contributed by atoms with Gasteiger partial charge in [-0.1, -0.05) is 11.6 Å². The van der Waals surface area contributed by atoms with Crippen LogP contribution in [0.3, 0.4) is 0 Å². The summed E-state index contributed by atoms with van der Waals surface area (Å²) in [6, 6.07) is 8.64. The summed E-state index contributed by atoms with van der Waals surface area (Å²) in [6.45, 7) is 8.89. The van der Waals surface area contributed by atoms with Crippen molar-refractivity contribution in [2.45, 2.75) is 27.7 Å².